The van der Waals surface area contributed by atoms with Crippen LogP contribution in [0.4, 0.5) is 4.39 Å². The molecule has 2 aromatic carbocycles. The molecule has 0 N–H and O–H groups in total. The van der Waals surface area contributed by atoms with Gasteiger partial charge in [-0.2, -0.15) is 0 Å². The molecular formula is C14H9BrClFO. The minimum atomic E-state index is -0.358. The van der Waals surface area contributed by atoms with Gasteiger partial charge in [-0.1, -0.05) is 27.5 Å². The second-order valence-corrected chi connectivity index (χ2v) is 5.24. The Bertz CT molecular complexity index is 561. The molecule has 0 saturated heterocycles. The summed E-state index contributed by atoms with van der Waals surface area (Å²) in [4.78, 5) is 12.0. The Morgan fingerprint density at radius 2 is 1.83 bits per heavy atom. The molecule has 18 heavy (non-hydrogen) atoms. The monoisotopic (exact) mass is 326 g/mol. The van der Waals surface area contributed by atoms with Crippen molar-refractivity contribution in [2.45, 2.75) is 6.42 Å². The first-order valence-corrected chi connectivity index (χ1v) is 6.45. The van der Waals surface area contributed by atoms with Crippen LogP contribution >= 0.6 is 27.5 Å². The molecule has 0 amide bonds. The zero-order valence-electron chi connectivity index (χ0n) is 9.29. The summed E-state index contributed by atoms with van der Waals surface area (Å²) >= 11 is 8.95. The zero-order valence-corrected chi connectivity index (χ0v) is 11.6. The van der Waals surface area contributed by atoms with Crippen LogP contribution in [0.5, 0.6) is 0 Å². The van der Waals surface area contributed by atoms with Crippen LogP contribution in [0.1, 0.15) is 15.9 Å². The molecule has 0 spiro atoms. The third-order valence-corrected chi connectivity index (χ3v) is 3.16. The fourth-order valence-corrected chi connectivity index (χ4v) is 2.27. The van der Waals surface area contributed by atoms with Crippen molar-refractivity contribution in [1.29, 1.82) is 0 Å². The van der Waals surface area contributed by atoms with Crippen molar-refractivity contribution in [2.75, 3.05) is 0 Å². The number of rotatable bonds is 3. The topological polar surface area (TPSA) is 17.1 Å². The Kier molecular flexibility index (Phi) is 4.15. The highest BCUT2D eigenvalue weighted by molar-refractivity contribution is 9.10. The number of carbonyl (C=O) groups is 1. The van der Waals surface area contributed by atoms with Crippen LogP contribution < -0.4 is 0 Å². The highest BCUT2D eigenvalue weighted by atomic mass is 79.9. The Labute approximate surface area is 118 Å². The van der Waals surface area contributed by atoms with Gasteiger partial charge >= 0.3 is 0 Å². The molecule has 0 aliphatic carbocycles. The van der Waals surface area contributed by atoms with Crippen LogP contribution in [0.3, 0.4) is 0 Å². The molecule has 1 nitrogen and oxygen atoms in total. The predicted molar refractivity (Wildman–Crippen MR) is 73.6 cm³/mol. The molecule has 0 saturated carbocycles. The van der Waals surface area contributed by atoms with Gasteiger partial charge in [0.1, 0.15) is 5.82 Å². The summed E-state index contributed by atoms with van der Waals surface area (Å²) in [5.74, 6) is -0.424. The maximum Gasteiger partial charge on any atom is 0.167 e. The van der Waals surface area contributed by atoms with E-state index in [1.165, 1.54) is 12.1 Å². The summed E-state index contributed by atoms with van der Waals surface area (Å²) in [6, 6.07) is 11.1. The SMILES string of the molecule is O=C(Cc1cc(F)cc(Br)c1)c1ccc(Cl)cc1. The van der Waals surface area contributed by atoms with Gasteiger partial charge in [-0.3, -0.25) is 4.79 Å². The fraction of sp³-hybridized carbons (Fsp3) is 0.0714. The fourth-order valence-electron chi connectivity index (χ4n) is 1.64. The average Bonchev–Trinajstić information content (AvgIpc) is 2.28. The summed E-state index contributed by atoms with van der Waals surface area (Å²) in [7, 11) is 0. The summed E-state index contributed by atoms with van der Waals surface area (Å²) in [6.45, 7) is 0. The van der Waals surface area contributed by atoms with Gasteiger partial charge in [0.15, 0.2) is 5.78 Å². The van der Waals surface area contributed by atoms with Crippen LogP contribution in [0, 0.1) is 5.82 Å². The van der Waals surface area contributed by atoms with Gasteiger partial charge in [0.2, 0.25) is 0 Å². The largest absolute Gasteiger partial charge is 0.294 e. The Balaban J connectivity index is 2.18. The van der Waals surface area contributed by atoms with E-state index in [1.807, 2.05) is 0 Å². The van der Waals surface area contributed by atoms with Gasteiger partial charge < -0.3 is 0 Å². The summed E-state index contributed by atoms with van der Waals surface area (Å²) < 4.78 is 13.8. The second-order valence-electron chi connectivity index (χ2n) is 3.88. The lowest BCUT2D eigenvalue weighted by Crippen LogP contribution is -2.03. The quantitative estimate of drug-likeness (QED) is 0.749. The molecule has 92 valence electrons. The van der Waals surface area contributed by atoms with E-state index in [9.17, 15) is 9.18 Å². The standard InChI is InChI=1S/C14H9BrClFO/c15-11-5-9(6-13(17)8-11)7-14(18)10-1-3-12(16)4-2-10/h1-6,8H,7H2. The lowest BCUT2D eigenvalue weighted by Gasteiger charge is -2.03. The molecular weight excluding hydrogens is 319 g/mol. The van der Waals surface area contributed by atoms with E-state index >= 15 is 0 Å². The van der Waals surface area contributed by atoms with E-state index in [4.69, 9.17) is 11.6 Å². The van der Waals surface area contributed by atoms with Crippen molar-refractivity contribution in [1.82, 2.24) is 0 Å². The van der Waals surface area contributed by atoms with Crippen molar-refractivity contribution in [3.05, 3.63) is 68.9 Å². The molecule has 0 aliphatic heterocycles. The second kappa shape index (κ2) is 5.63. The lowest BCUT2D eigenvalue weighted by molar-refractivity contribution is 0.0993. The number of hydrogen-bond acceptors (Lipinski definition) is 1. The van der Waals surface area contributed by atoms with Crippen molar-refractivity contribution in [3.63, 3.8) is 0 Å². The number of benzene rings is 2. The highest BCUT2D eigenvalue weighted by Gasteiger charge is 2.08. The number of Topliss-reactive ketones (excluding diaryl/α,β-unsaturated/α-hetero) is 1. The van der Waals surface area contributed by atoms with Gasteiger partial charge in [0.25, 0.3) is 0 Å². The Morgan fingerprint density at radius 3 is 2.44 bits per heavy atom. The third-order valence-electron chi connectivity index (χ3n) is 2.45. The number of ketones is 1. The van der Waals surface area contributed by atoms with E-state index in [0.29, 0.717) is 20.6 Å². The maximum absolute atomic E-state index is 13.2. The molecule has 0 bridgehead atoms. The molecule has 0 aliphatic rings. The maximum atomic E-state index is 13.2. The van der Waals surface area contributed by atoms with E-state index in [1.54, 1.807) is 30.3 Å². The average molecular weight is 328 g/mol. The van der Waals surface area contributed by atoms with Crippen LogP contribution in [-0.2, 0) is 6.42 Å². The van der Waals surface area contributed by atoms with Crippen LogP contribution in [-0.4, -0.2) is 5.78 Å². The van der Waals surface area contributed by atoms with Crippen molar-refractivity contribution >= 4 is 33.3 Å². The molecule has 0 unspecified atom stereocenters. The van der Waals surface area contributed by atoms with E-state index < -0.39 is 0 Å². The third kappa shape index (κ3) is 3.40. The number of hydrogen-bond donors (Lipinski definition) is 0. The van der Waals surface area contributed by atoms with Gasteiger partial charge in [-0.05, 0) is 48.0 Å². The molecule has 0 heterocycles. The number of halogens is 3. The molecule has 0 radical (unpaired) electrons. The molecule has 0 atom stereocenters. The lowest BCUT2D eigenvalue weighted by atomic mass is 10.0. The Morgan fingerprint density at radius 1 is 1.17 bits per heavy atom. The molecule has 2 aromatic rings. The molecule has 4 heteroatoms. The summed E-state index contributed by atoms with van der Waals surface area (Å²) in [5.41, 5.74) is 1.21. The van der Waals surface area contributed by atoms with Crippen molar-refractivity contribution < 1.29 is 9.18 Å². The first-order valence-electron chi connectivity index (χ1n) is 5.28. The van der Waals surface area contributed by atoms with Gasteiger partial charge in [0, 0.05) is 21.5 Å². The summed E-state index contributed by atoms with van der Waals surface area (Å²) in [6.07, 6.45) is 0.165. The summed E-state index contributed by atoms with van der Waals surface area (Å²) in [5, 5.41) is 0.583. The first kappa shape index (κ1) is 13.2. The van der Waals surface area contributed by atoms with Crippen LogP contribution in [0.25, 0.3) is 0 Å². The predicted octanol–water partition coefficient (Wildman–Crippen LogP) is 4.67. The van der Waals surface area contributed by atoms with Crippen molar-refractivity contribution in [3.8, 4) is 0 Å². The smallest absolute Gasteiger partial charge is 0.167 e. The molecule has 0 fully saturated rings. The van der Waals surface area contributed by atoms with Crippen LogP contribution in [0.15, 0.2) is 46.9 Å². The van der Waals surface area contributed by atoms with Gasteiger partial charge in [0.05, 0.1) is 0 Å². The van der Waals surface area contributed by atoms with E-state index in [0.717, 1.165) is 0 Å². The van der Waals surface area contributed by atoms with Gasteiger partial charge in [-0.15, -0.1) is 0 Å². The Hall–Kier alpha value is -1.19. The van der Waals surface area contributed by atoms with Crippen LogP contribution in [0.2, 0.25) is 5.02 Å². The molecule has 2 rings (SSSR count). The van der Waals surface area contributed by atoms with Gasteiger partial charge in [-0.25, -0.2) is 4.39 Å². The van der Waals surface area contributed by atoms with E-state index in [-0.39, 0.29) is 18.0 Å². The first-order chi connectivity index (χ1) is 8.54. The normalized spacial score (nSPS) is 10.4. The minimum Gasteiger partial charge on any atom is -0.294 e. The zero-order chi connectivity index (χ0) is 13.1. The molecule has 0 aromatic heterocycles. The van der Waals surface area contributed by atoms with E-state index in [2.05, 4.69) is 15.9 Å². The minimum absolute atomic E-state index is 0.0656. The van der Waals surface area contributed by atoms with Crippen molar-refractivity contribution in [2.24, 2.45) is 0 Å². The number of carbonyl (C=O) groups excluding carboxylic acids is 1. The highest BCUT2D eigenvalue weighted by Crippen LogP contribution is 2.17.